The molecule has 3 aromatic heterocycles. The van der Waals surface area contributed by atoms with Crippen LogP contribution in [0.1, 0.15) is 11.1 Å². The van der Waals surface area contributed by atoms with E-state index in [9.17, 15) is 13.6 Å². The number of amides is 1. The maximum absolute atomic E-state index is 14.9. The fourth-order valence-corrected chi connectivity index (χ4v) is 5.37. The summed E-state index contributed by atoms with van der Waals surface area (Å²) in [5.41, 5.74) is 3.31. The van der Waals surface area contributed by atoms with E-state index in [4.69, 9.17) is 21.7 Å². The van der Waals surface area contributed by atoms with E-state index in [-0.39, 0.29) is 28.8 Å². The fraction of sp³-hybridized carbons (Fsp3) is 0.161. The first-order valence-corrected chi connectivity index (χ1v) is 14.5. The van der Waals surface area contributed by atoms with Gasteiger partial charge < -0.3 is 25.4 Å². The number of carbonyl (C=O) groups excluding carboxylic acids is 1. The minimum absolute atomic E-state index is 0.00361. The Hall–Kier alpha value is -4.36. The van der Waals surface area contributed by atoms with Crippen LogP contribution in [-0.2, 0) is 22.5 Å². The molecule has 220 valence electrons. The van der Waals surface area contributed by atoms with Crippen LogP contribution in [-0.4, -0.2) is 41.2 Å². The Morgan fingerprint density at radius 1 is 1.00 bits per heavy atom. The van der Waals surface area contributed by atoms with Gasteiger partial charge in [0.05, 0.1) is 39.5 Å². The SMILES string of the molecule is COCCNCc1ccc(-c2cc3nccc(Oc4ccc(NC(=S)NC(=O)Cc5ccc(F)cc5)c(F)c4)c3s2)nc1. The highest BCUT2D eigenvalue weighted by Crippen LogP contribution is 2.39. The maximum Gasteiger partial charge on any atom is 0.230 e. The lowest BCUT2D eigenvalue weighted by Gasteiger charge is -2.12. The number of nitrogens with zero attached hydrogens (tertiary/aromatic N) is 2. The van der Waals surface area contributed by atoms with Crippen molar-refractivity contribution in [2.45, 2.75) is 13.0 Å². The molecule has 0 saturated carbocycles. The van der Waals surface area contributed by atoms with Crippen LogP contribution in [0.5, 0.6) is 11.5 Å². The fourth-order valence-electron chi connectivity index (χ4n) is 4.10. The minimum Gasteiger partial charge on any atom is -0.456 e. The molecule has 5 aromatic rings. The average Bonchev–Trinajstić information content (AvgIpc) is 3.44. The number of thiophene rings is 1. The van der Waals surface area contributed by atoms with E-state index in [2.05, 4.69) is 25.9 Å². The Bertz CT molecular complexity index is 1730. The predicted molar refractivity (Wildman–Crippen MR) is 167 cm³/mol. The molecule has 1 amide bonds. The van der Waals surface area contributed by atoms with Crippen molar-refractivity contribution in [2.24, 2.45) is 0 Å². The summed E-state index contributed by atoms with van der Waals surface area (Å²) >= 11 is 6.64. The molecule has 0 aliphatic rings. The molecule has 0 unspecified atom stereocenters. The lowest BCUT2D eigenvalue weighted by Crippen LogP contribution is -2.35. The zero-order valence-corrected chi connectivity index (χ0v) is 24.7. The summed E-state index contributed by atoms with van der Waals surface area (Å²) in [5.74, 6) is -0.614. The number of benzene rings is 2. The third-order valence-corrected chi connectivity index (χ3v) is 7.58. The summed E-state index contributed by atoms with van der Waals surface area (Å²) in [5, 5.41) is 8.41. The van der Waals surface area contributed by atoms with E-state index in [1.165, 1.54) is 47.7 Å². The molecule has 2 aromatic carbocycles. The molecule has 0 radical (unpaired) electrons. The number of thiocarbonyl (C=S) groups is 1. The van der Waals surface area contributed by atoms with Crippen molar-refractivity contribution < 1.29 is 23.0 Å². The highest BCUT2D eigenvalue weighted by Gasteiger charge is 2.14. The van der Waals surface area contributed by atoms with Crippen molar-refractivity contribution in [2.75, 3.05) is 25.6 Å². The molecule has 0 fully saturated rings. The third kappa shape index (κ3) is 8.14. The van der Waals surface area contributed by atoms with E-state index in [0.717, 1.165) is 32.9 Å². The predicted octanol–water partition coefficient (Wildman–Crippen LogP) is 6.22. The molecular weight excluding hydrogens is 593 g/mol. The smallest absolute Gasteiger partial charge is 0.230 e. The molecule has 3 N–H and O–H groups in total. The van der Waals surface area contributed by atoms with E-state index in [0.29, 0.717) is 24.5 Å². The molecule has 12 heteroatoms. The van der Waals surface area contributed by atoms with E-state index in [1.54, 1.807) is 25.4 Å². The zero-order valence-electron chi connectivity index (χ0n) is 23.0. The number of fused-ring (bicyclic) bond motifs is 1. The van der Waals surface area contributed by atoms with Crippen molar-refractivity contribution in [3.8, 4) is 22.1 Å². The van der Waals surface area contributed by atoms with Gasteiger partial charge in [-0.05, 0) is 59.7 Å². The van der Waals surface area contributed by atoms with Crippen LogP contribution in [0.2, 0.25) is 0 Å². The molecular formula is C31H27F2N5O3S2. The lowest BCUT2D eigenvalue weighted by atomic mass is 10.1. The second-order valence-electron chi connectivity index (χ2n) is 9.40. The van der Waals surface area contributed by atoms with Crippen molar-refractivity contribution in [1.82, 2.24) is 20.6 Å². The van der Waals surface area contributed by atoms with Gasteiger partial charge in [0.15, 0.2) is 5.11 Å². The number of anilines is 1. The van der Waals surface area contributed by atoms with E-state index >= 15 is 0 Å². The number of carbonyl (C=O) groups is 1. The Kier molecular flexibility index (Phi) is 9.95. The van der Waals surface area contributed by atoms with Gasteiger partial charge in [-0.15, -0.1) is 11.3 Å². The van der Waals surface area contributed by atoms with Gasteiger partial charge >= 0.3 is 0 Å². The topological polar surface area (TPSA) is 97.4 Å². The largest absolute Gasteiger partial charge is 0.456 e. The number of rotatable bonds is 11. The molecule has 3 heterocycles. The summed E-state index contributed by atoms with van der Waals surface area (Å²) < 4.78 is 39.9. The summed E-state index contributed by atoms with van der Waals surface area (Å²) in [6.07, 6.45) is 3.47. The quantitative estimate of drug-likeness (QED) is 0.118. The lowest BCUT2D eigenvalue weighted by molar-refractivity contribution is -0.119. The van der Waals surface area contributed by atoms with Crippen LogP contribution in [0, 0.1) is 11.6 Å². The van der Waals surface area contributed by atoms with Crippen LogP contribution in [0.15, 0.2) is 79.1 Å². The molecule has 0 aliphatic carbocycles. The monoisotopic (exact) mass is 619 g/mol. The normalized spacial score (nSPS) is 11.0. The minimum atomic E-state index is -0.620. The molecule has 0 saturated heterocycles. The number of halogens is 2. The van der Waals surface area contributed by atoms with Gasteiger partial charge in [-0.2, -0.15) is 0 Å². The van der Waals surface area contributed by atoms with Gasteiger partial charge in [0.1, 0.15) is 23.1 Å². The van der Waals surface area contributed by atoms with Crippen LogP contribution >= 0.6 is 23.6 Å². The number of aromatic nitrogens is 2. The zero-order chi connectivity index (χ0) is 30.2. The number of ether oxygens (including phenoxy) is 2. The number of hydrogen-bond acceptors (Lipinski definition) is 8. The van der Waals surface area contributed by atoms with Gasteiger partial charge in [0, 0.05) is 44.7 Å². The average molecular weight is 620 g/mol. The Labute approximate surface area is 256 Å². The van der Waals surface area contributed by atoms with Gasteiger partial charge in [0.2, 0.25) is 5.91 Å². The summed E-state index contributed by atoms with van der Waals surface area (Å²) in [7, 11) is 1.67. The molecule has 0 bridgehead atoms. The standard InChI is InChI=1S/C31H27F2N5O3S2/c1-40-13-12-34-17-20-4-8-25(36-18-20)28-16-26-30(43-28)27(10-11-35-26)41-22-7-9-24(23(33)15-22)37-31(42)38-29(39)14-19-2-5-21(32)6-3-19/h2-11,15-16,18,34H,12-14,17H2,1H3,(H2,37,38,39,42). The molecule has 0 atom stereocenters. The number of methoxy groups -OCH3 is 1. The van der Waals surface area contributed by atoms with E-state index < -0.39 is 11.7 Å². The highest BCUT2D eigenvalue weighted by atomic mass is 32.1. The van der Waals surface area contributed by atoms with Gasteiger partial charge in [-0.1, -0.05) is 18.2 Å². The maximum atomic E-state index is 14.9. The van der Waals surface area contributed by atoms with Crippen LogP contribution in [0.3, 0.4) is 0 Å². The van der Waals surface area contributed by atoms with E-state index in [1.807, 2.05) is 24.4 Å². The second-order valence-corrected chi connectivity index (χ2v) is 10.9. The van der Waals surface area contributed by atoms with Crippen molar-refractivity contribution in [1.29, 1.82) is 0 Å². The van der Waals surface area contributed by atoms with Crippen LogP contribution in [0.25, 0.3) is 20.8 Å². The first-order chi connectivity index (χ1) is 20.9. The number of nitrogens with one attached hydrogen (secondary N) is 3. The molecule has 0 spiro atoms. The van der Waals surface area contributed by atoms with Crippen molar-refractivity contribution in [3.05, 3.63) is 102 Å². The first-order valence-electron chi connectivity index (χ1n) is 13.2. The van der Waals surface area contributed by atoms with Crippen molar-refractivity contribution >= 4 is 50.5 Å². The summed E-state index contributed by atoms with van der Waals surface area (Å²) in [4.78, 5) is 22.2. The first kappa shape index (κ1) is 30.1. The number of pyridine rings is 2. The van der Waals surface area contributed by atoms with Gasteiger partial charge in [0.25, 0.3) is 0 Å². The molecule has 5 rings (SSSR count). The van der Waals surface area contributed by atoms with Gasteiger partial charge in [-0.25, -0.2) is 8.78 Å². The molecule has 0 aliphatic heterocycles. The summed E-state index contributed by atoms with van der Waals surface area (Å²) in [6.45, 7) is 2.11. The molecule has 43 heavy (non-hydrogen) atoms. The summed E-state index contributed by atoms with van der Waals surface area (Å²) in [6, 6.07) is 17.5. The Balaban J connectivity index is 1.21. The van der Waals surface area contributed by atoms with Crippen LogP contribution in [0.4, 0.5) is 14.5 Å². The number of hydrogen-bond donors (Lipinski definition) is 3. The third-order valence-electron chi connectivity index (χ3n) is 6.21. The Morgan fingerprint density at radius 3 is 2.56 bits per heavy atom. The Morgan fingerprint density at radius 2 is 1.81 bits per heavy atom. The van der Waals surface area contributed by atoms with Crippen LogP contribution < -0.4 is 20.7 Å². The molecule has 8 nitrogen and oxygen atoms in total. The highest BCUT2D eigenvalue weighted by molar-refractivity contribution is 7.80. The van der Waals surface area contributed by atoms with Gasteiger partial charge in [-0.3, -0.25) is 14.8 Å². The van der Waals surface area contributed by atoms with Crippen molar-refractivity contribution in [3.63, 3.8) is 0 Å². The second kappa shape index (κ2) is 14.2.